The molecule has 0 spiro atoms. The standard InChI is InChI=1S/C25H20ClN5O2/c1-3-20-22(16-8-10-17(26)11-9-16)23-27-14-19-21(31(23)28-20)12-13-30(25(19)33)29-24(32)18-7-5-4-6-15(18)2/h4-14H,3H2,1-2H3,(H,29,32). The van der Waals surface area contributed by atoms with Gasteiger partial charge in [-0.15, -0.1) is 0 Å². The van der Waals surface area contributed by atoms with Crippen LogP contribution in [0.3, 0.4) is 0 Å². The van der Waals surface area contributed by atoms with Crippen LogP contribution in [-0.2, 0) is 6.42 Å². The first-order valence-electron chi connectivity index (χ1n) is 10.5. The van der Waals surface area contributed by atoms with Crippen molar-refractivity contribution in [3.05, 3.63) is 99.2 Å². The fourth-order valence-electron chi connectivity index (χ4n) is 3.96. The fourth-order valence-corrected chi connectivity index (χ4v) is 4.08. The summed E-state index contributed by atoms with van der Waals surface area (Å²) < 4.78 is 2.86. The minimum Gasteiger partial charge on any atom is -0.267 e. The number of aromatic nitrogens is 4. The Morgan fingerprint density at radius 2 is 1.85 bits per heavy atom. The van der Waals surface area contributed by atoms with E-state index in [1.165, 1.54) is 17.1 Å². The van der Waals surface area contributed by atoms with Gasteiger partial charge < -0.3 is 0 Å². The predicted molar refractivity (Wildman–Crippen MR) is 129 cm³/mol. The molecule has 5 aromatic rings. The maximum atomic E-state index is 13.1. The lowest BCUT2D eigenvalue weighted by Gasteiger charge is -2.11. The molecule has 3 heterocycles. The Labute approximate surface area is 194 Å². The Hall–Kier alpha value is -3.97. The molecule has 8 heteroatoms. The minimum absolute atomic E-state index is 0.350. The Kier molecular flexibility index (Phi) is 5.18. The Balaban J connectivity index is 1.62. The lowest BCUT2D eigenvalue weighted by molar-refractivity contribution is 0.101. The van der Waals surface area contributed by atoms with Crippen LogP contribution in [0.15, 0.2) is 71.8 Å². The molecule has 0 aliphatic carbocycles. The van der Waals surface area contributed by atoms with Crippen LogP contribution < -0.4 is 11.0 Å². The van der Waals surface area contributed by atoms with E-state index in [2.05, 4.69) is 10.4 Å². The van der Waals surface area contributed by atoms with Gasteiger partial charge in [-0.25, -0.2) is 14.2 Å². The summed E-state index contributed by atoms with van der Waals surface area (Å²) in [4.78, 5) is 30.4. The smallest absolute Gasteiger partial charge is 0.267 e. The van der Waals surface area contributed by atoms with E-state index in [0.29, 0.717) is 33.6 Å². The molecule has 0 saturated heterocycles. The maximum Gasteiger partial charge on any atom is 0.280 e. The molecule has 0 radical (unpaired) electrons. The summed E-state index contributed by atoms with van der Waals surface area (Å²) in [6, 6.07) is 16.5. The number of amides is 1. The lowest BCUT2D eigenvalue weighted by atomic mass is 10.0. The molecule has 0 unspecified atom stereocenters. The van der Waals surface area contributed by atoms with Crippen molar-refractivity contribution in [2.45, 2.75) is 20.3 Å². The molecule has 0 aliphatic rings. The molecule has 3 aromatic heterocycles. The van der Waals surface area contributed by atoms with Crippen molar-refractivity contribution >= 4 is 34.1 Å². The molecule has 2 aromatic carbocycles. The molecular weight excluding hydrogens is 438 g/mol. The van der Waals surface area contributed by atoms with E-state index in [4.69, 9.17) is 16.7 Å². The number of hydrogen-bond acceptors (Lipinski definition) is 4. The third-order valence-corrected chi connectivity index (χ3v) is 5.92. The number of nitrogens with one attached hydrogen (secondary N) is 1. The van der Waals surface area contributed by atoms with E-state index in [9.17, 15) is 9.59 Å². The van der Waals surface area contributed by atoms with Gasteiger partial charge in [-0.2, -0.15) is 5.10 Å². The molecule has 1 amide bonds. The van der Waals surface area contributed by atoms with Gasteiger partial charge in [0.25, 0.3) is 11.5 Å². The highest BCUT2D eigenvalue weighted by atomic mass is 35.5. The molecular formula is C25H20ClN5O2. The molecule has 0 fully saturated rings. The highest BCUT2D eigenvalue weighted by Crippen LogP contribution is 2.30. The Morgan fingerprint density at radius 1 is 1.09 bits per heavy atom. The first kappa shape index (κ1) is 20.9. The third-order valence-electron chi connectivity index (χ3n) is 5.66. The van der Waals surface area contributed by atoms with Crippen LogP contribution in [-0.4, -0.2) is 25.2 Å². The average molecular weight is 458 g/mol. The average Bonchev–Trinajstić information content (AvgIpc) is 3.20. The van der Waals surface area contributed by atoms with Crippen LogP contribution >= 0.6 is 11.6 Å². The van der Waals surface area contributed by atoms with Crippen molar-refractivity contribution in [2.75, 3.05) is 5.43 Å². The number of fused-ring (bicyclic) bond motifs is 3. The number of carbonyl (C=O) groups is 1. The van der Waals surface area contributed by atoms with Crippen molar-refractivity contribution in [1.82, 2.24) is 19.3 Å². The molecule has 164 valence electrons. The molecule has 33 heavy (non-hydrogen) atoms. The number of hydrogen-bond donors (Lipinski definition) is 1. The van der Waals surface area contributed by atoms with Gasteiger partial charge in [0.1, 0.15) is 0 Å². The van der Waals surface area contributed by atoms with E-state index < -0.39 is 0 Å². The van der Waals surface area contributed by atoms with Gasteiger partial charge in [-0.3, -0.25) is 15.0 Å². The largest absolute Gasteiger partial charge is 0.280 e. The predicted octanol–water partition coefficient (Wildman–Crippen LogP) is 4.62. The monoisotopic (exact) mass is 457 g/mol. The first-order chi connectivity index (χ1) is 16.0. The third kappa shape index (κ3) is 3.56. The Bertz CT molecular complexity index is 1590. The molecule has 0 saturated carbocycles. The van der Waals surface area contributed by atoms with E-state index in [-0.39, 0.29) is 11.5 Å². The zero-order valence-corrected chi connectivity index (χ0v) is 18.8. The van der Waals surface area contributed by atoms with Crippen LogP contribution in [0.5, 0.6) is 0 Å². The lowest BCUT2D eigenvalue weighted by Crippen LogP contribution is -2.33. The van der Waals surface area contributed by atoms with Gasteiger partial charge in [-0.1, -0.05) is 48.9 Å². The van der Waals surface area contributed by atoms with Gasteiger partial charge >= 0.3 is 0 Å². The zero-order chi connectivity index (χ0) is 23.1. The van der Waals surface area contributed by atoms with Crippen molar-refractivity contribution in [2.24, 2.45) is 0 Å². The summed E-state index contributed by atoms with van der Waals surface area (Å²) in [7, 11) is 0. The quantitative estimate of drug-likeness (QED) is 0.427. The van der Waals surface area contributed by atoms with Crippen LogP contribution in [0.4, 0.5) is 0 Å². The molecule has 0 aliphatic heterocycles. The minimum atomic E-state index is -0.384. The van der Waals surface area contributed by atoms with Crippen LogP contribution in [0.25, 0.3) is 27.7 Å². The first-order valence-corrected chi connectivity index (χ1v) is 10.9. The number of carbonyl (C=O) groups excluding carboxylic acids is 1. The number of benzene rings is 2. The molecule has 7 nitrogen and oxygen atoms in total. The maximum absolute atomic E-state index is 13.1. The van der Waals surface area contributed by atoms with Gasteiger partial charge in [0, 0.05) is 28.5 Å². The van der Waals surface area contributed by atoms with E-state index >= 15 is 0 Å². The second-order valence-electron chi connectivity index (χ2n) is 7.72. The van der Waals surface area contributed by atoms with E-state index in [0.717, 1.165) is 22.4 Å². The summed E-state index contributed by atoms with van der Waals surface area (Å²) >= 11 is 6.06. The summed E-state index contributed by atoms with van der Waals surface area (Å²) in [5.74, 6) is -0.360. The van der Waals surface area contributed by atoms with Gasteiger partial charge in [0.2, 0.25) is 0 Å². The molecule has 0 bridgehead atoms. The zero-order valence-electron chi connectivity index (χ0n) is 18.0. The van der Waals surface area contributed by atoms with Crippen molar-refractivity contribution in [3.8, 4) is 11.1 Å². The van der Waals surface area contributed by atoms with Crippen LogP contribution in [0.1, 0.15) is 28.5 Å². The highest BCUT2D eigenvalue weighted by molar-refractivity contribution is 6.30. The summed E-state index contributed by atoms with van der Waals surface area (Å²) in [5.41, 5.74) is 7.61. The van der Waals surface area contributed by atoms with E-state index in [1.54, 1.807) is 22.7 Å². The van der Waals surface area contributed by atoms with Crippen molar-refractivity contribution in [3.63, 3.8) is 0 Å². The summed E-state index contributed by atoms with van der Waals surface area (Å²) in [5, 5.41) is 5.74. The fraction of sp³-hybridized carbons (Fsp3) is 0.120. The van der Waals surface area contributed by atoms with Gasteiger partial charge in [0.05, 0.1) is 16.6 Å². The number of halogens is 1. The second-order valence-corrected chi connectivity index (χ2v) is 8.16. The van der Waals surface area contributed by atoms with E-state index in [1.807, 2.05) is 50.2 Å². The molecule has 0 atom stereocenters. The number of aryl methyl sites for hydroxylation is 2. The van der Waals surface area contributed by atoms with Crippen LogP contribution in [0, 0.1) is 6.92 Å². The molecule has 5 rings (SSSR count). The number of nitrogens with zero attached hydrogens (tertiary/aromatic N) is 4. The van der Waals surface area contributed by atoms with Crippen LogP contribution in [0.2, 0.25) is 5.02 Å². The van der Waals surface area contributed by atoms with Crippen molar-refractivity contribution in [1.29, 1.82) is 0 Å². The highest BCUT2D eigenvalue weighted by Gasteiger charge is 2.18. The molecule has 1 N–H and O–H groups in total. The summed E-state index contributed by atoms with van der Waals surface area (Å²) in [6.07, 6.45) is 3.77. The summed E-state index contributed by atoms with van der Waals surface area (Å²) in [6.45, 7) is 3.87. The Morgan fingerprint density at radius 3 is 2.58 bits per heavy atom. The number of pyridine rings is 1. The topological polar surface area (TPSA) is 81.3 Å². The number of rotatable bonds is 4. The second kappa shape index (κ2) is 8.18. The normalized spacial score (nSPS) is 11.2. The van der Waals surface area contributed by atoms with Gasteiger partial charge in [0.15, 0.2) is 5.65 Å². The SMILES string of the molecule is CCc1nn2c(ncc3c(=O)n(NC(=O)c4ccccc4C)ccc32)c1-c1ccc(Cl)cc1. The van der Waals surface area contributed by atoms with Crippen molar-refractivity contribution < 1.29 is 4.79 Å². The van der Waals surface area contributed by atoms with Gasteiger partial charge in [-0.05, 0) is 48.7 Å².